The molecule has 6 nitrogen and oxygen atoms in total. The van der Waals surface area contributed by atoms with E-state index < -0.39 is 0 Å². The van der Waals surface area contributed by atoms with Crippen LogP contribution in [-0.2, 0) is 26.7 Å². The van der Waals surface area contributed by atoms with Crippen molar-refractivity contribution in [2.24, 2.45) is 10.3 Å². The molecule has 2 rings (SSSR count). The maximum atomic E-state index is 10.7. The van der Waals surface area contributed by atoms with Gasteiger partial charge in [0.15, 0.2) is 0 Å². The number of hydrogen-bond acceptors (Lipinski definition) is 6. The van der Waals surface area contributed by atoms with Gasteiger partial charge < -0.3 is 10.4 Å². The van der Waals surface area contributed by atoms with E-state index in [2.05, 4.69) is 10.3 Å². The predicted molar refractivity (Wildman–Crippen MR) is 74.3 cm³/mol. The van der Waals surface area contributed by atoms with Crippen LogP contribution in [0.2, 0.25) is 0 Å². The van der Waals surface area contributed by atoms with Crippen LogP contribution in [0, 0.1) is 0 Å². The Balaban J connectivity index is 0.000000364. The van der Waals surface area contributed by atoms with Crippen molar-refractivity contribution in [2.45, 2.75) is 13.8 Å². The maximum absolute atomic E-state index is 10.7. The zero-order valence-corrected chi connectivity index (χ0v) is 12.3. The maximum Gasteiger partial charge on any atom is 2.00 e. The van der Waals surface area contributed by atoms with Crippen LogP contribution in [0.1, 0.15) is 13.8 Å². The summed E-state index contributed by atoms with van der Waals surface area (Å²) in [6.45, 7) is 3.66. The molecule has 0 spiro atoms. The summed E-state index contributed by atoms with van der Waals surface area (Å²) in [5.41, 5.74) is 2.01. The molecule has 0 aliphatic heterocycles. The number of oxime groups is 2. The summed E-state index contributed by atoms with van der Waals surface area (Å²) in [6.07, 6.45) is 9.17. The molecule has 113 valence electrons. The second-order valence-electron chi connectivity index (χ2n) is 4.14. The summed E-state index contributed by atoms with van der Waals surface area (Å²) < 4.78 is 0. The van der Waals surface area contributed by atoms with Crippen molar-refractivity contribution in [1.29, 1.82) is 0 Å². The van der Waals surface area contributed by atoms with E-state index in [1.165, 1.54) is 24.3 Å². The molecule has 21 heavy (non-hydrogen) atoms. The number of carbonyl (C=O) groups is 2. The number of allylic oxidation sites excluding steroid dienone is 8. The van der Waals surface area contributed by atoms with E-state index in [-0.39, 0.29) is 40.1 Å². The first-order valence-corrected chi connectivity index (χ1v) is 5.73. The van der Waals surface area contributed by atoms with Crippen molar-refractivity contribution in [3.8, 4) is 0 Å². The van der Waals surface area contributed by atoms with Crippen LogP contribution in [0.3, 0.4) is 0 Å². The van der Waals surface area contributed by atoms with Crippen LogP contribution in [0.5, 0.6) is 0 Å². The summed E-state index contributed by atoms with van der Waals surface area (Å²) in [5.74, 6) is -0.513. The molecular weight excluding hydrogens is 324 g/mol. The summed E-state index contributed by atoms with van der Waals surface area (Å²) >= 11 is 0. The fourth-order valence-corrected chi connectivity index (χ4v) is 1.41. The number of carbonyl (C=O) groups excluding carboxylic acids is 2. The first-order valence-electron chi connectivity index (χ1n) is 5.73. The third-order valence-electron chi connectivity index (χ3n) is 2.44. The normalized spacial score (nSPS) is 20.5. The van der Waals surface area contributed by atoms with E-state index in [0.29, 0.717) is 0 Å². The molecule has 0 amide bonds. The first kappa shape index (κ1) is 18.8. The fraction of sp³-hybridized carbons (Fsp3) is 0.143. The van der Waals surface area contributed by atoms with Crippen molar-refractivity contribution >= 4 is 23.0 Å². The number of rotatable bonds is 0. The molecule has 0 saturated heterocycles. The minimum Gasteiger partial charge on any atom is -0.410 e. The summed E-state index contributed by atoms with van der Waals surface area (Å²) in [6, 6.07) is 0. The quantitative estimate of drug-likeness (QED) is 0.305. The zero-order valence-electron chi connectivity index (χ0n) is 11.4. The SMILES string of the molecule is CC1=C/C(=N/O)C(=O)C=C1.CC1=C/C(=N/O)C(=O)C=C1.[Cu+2]. The molecule has 0 heterocycles. The van der Waals surface area contributed by atoms with Gasteiger partial charge in [0.2, 0.25) is 11.6 Å². The predicted octanol–water partition coefficient (Wildman–Crippen LogP) is 1.80. The smallest absolute Gasteiger partial charge is 0.410 e. The summed E-state index contributed by atoms with van der Waals surface area (Å²) in [4.78, 5) is 21.5. The monoisotopic (exact) mass is 337 g/mol. The Morgan fingerprint density at radius 2 is 1.10 bits per heavy atom. The third-order valence-corrected chi connectivity index (χ3v) is 2.44. The van der Waals surface area contributed by atoms with E-state index in [9.17, 15) is 9.59 Å². The van der Waals surface area contributed by atoms with Crippen LogP contribution in [0.4, 0.5) is 0 Å². The molecule has 2 N–H and O–H groups in total. The largest absolute Gasteiger partial charge is 2.00 e. The summed E-state index contributed by atoms with van der Waals surface area (Å²) in [7, 11) is 0. The van der Waals surface area contributed by atoms with Gasteiger partial charge >= 0.3 is 17.1 Å². The standard InChI is InChI=1S/2C7H7NO2.Cu/c2*1-5-2-3-7(9)6(4-5)8-10;/h2*2-4,10H,1H3;/q;;+2/b2*8-6-;. The van der Waals surface area contributed by atoms with Crippen molar-refractivity contribution in [3.63, 3.8) is 0 Å². The number of ketones is 2. The van der Waals surface area contributed by atoms with Crippen LogP contribution >= 0.6 is 0 Å². The molecule has 7 heteroatoms. The van der Waals surface area contributed by atoms with E-state index >= 15 is 0 Å². The van der Waals surface area contributed by atoms with Gasteiger partial charge in [-0.3, -0.25) is 9.59 Å². The minimum absolute atomic E-state index is 0. The molecule has 2 aliphatic carbocycles. The van der Waals surface area contributed by atoms with E-state index in [1.807, 2.05) is 13.8 Å². The van der Waals surface area contributed by atoms with Gasteiger partial charge in [-0.05, 0) is 49.3 Å². The number of nitrogens with zero attached hydrogens (tertiary/aromatic N) is 2. The van der Waals surface area contributed by atoms with Gasteiger partial charge in [0, 0.05) is 0 Å². The minimum atomic E-state index is -0.256. The van der Waals surface area contributed by atoms with Gasteiger partial charge in [-0.15, -0.1) is 0 Å². The Bertz CT molecular complexity index is 556. The first-order chi connectivity index (χ1) is 9.47. The molecule has 0 atom stereocenters. The van der Waals surface area contributed by atoms with E-state index in [0.717, 1.165) is 11.1 Å². The van der Waals surface area contributed by atoms with Gasteiger partial charge in [-0.2, -0.15) is 0 Å². The van der Waals surface area contributed by atoms with Crippen LogP contribution < -0.4 is 0 Å². The van der Waals surface area contributed by atoms with Crippen molar-refractivity contribution in [3.05, 3.63) is 47.6 Å². The molecule has 0 fully saturated rings. The van der Waals surface area contributed by atoms with Crippen LogP contribution in [-0.4, -0.2) is 33.4 Å². The molecule has 0 bridgehead atoms. The van der Waals surface area contributed by atoms with Gasteiger partial charge in [0.05, 0.1) is 0 Å². The topological polar surface area (TPSA) is 99.3 Å². The molecule has 0 unspecified atom stereocenters. The average molecular weight is 338 g/mol. The summed E-state index contributed by atoms with van der Waals surface area (Å²) in [5, 5.41) is 22.2. The van der Waals surface area contributed by atoms with E-state index in [1.54, 1.807) is 12.2 Å². The van der Waals surface area contributed by atoms with Gasteiger partial charge in [0.1, 0.15) is 11.4 Å². The molecular formula is C14H14CuN2O4+2. The second kappa shape index (κ2) is 8.84. The average Bonchev–Trinajstić information content (AvgIpc) is 2.44. The van der Waals surface area contributed by atoms with Crippen molar-refractivity contribution in [1.82, 2.24) is 0 Å². The Morgan fingerprint density at radius 1 is 0.762 bits per heavy atom. The fourth-order valence-electron chi connectivity index (χ4n) is 1.41. The Hall–Kier alpha value is -2.24. The van der Waals surface area contributed by atoms with Gasteiger partial charge in [0.25, 0.3) is 0 Å². The molecule has 0 aromatic carbocycles. The Kier molecular flexibility index (Phi) is 7.89. The van der Waals surface area contributed by atoms with Crippen LogP contribution in [0.15, 0.2) is 57.9 Å². The number of hydrogen-bond donors (Lipinski definition) is 2. The molecule has 2 aliphatic rings. The van der Waals surface area contributed by atoms with Gasteiger partial charge in [-0.25, -0.2) is 0 Å². The van der Waals surface area contributed by atoms with Crippen LogP contribution in [0.25, 0.3) is 0 Å². The van der Waals surface area contributed by atoms with Crippen molar-refractivity contribution < 1.29 is 37.1 Å². The van der Waals surface area contributed by atoms with Crippen molar-refractivity contribution in [2.75, 3.05) is 0 Å². The molecule has 0 aromatic rings. The van der Waals surface area contributed by atoms with E-state index in [4.69, 9.17) is 10.4 Å². The van der Waals surface area contributed by atoms with Gasteiger partial charge in [-0.1, -0.05) is 22.5 Å². The second-order valence-corrected chi connectivity index (χ2v) is 4.14. The molecule has 0 aromatic heterocycles. The third kappa shape index (κ3) is 5.72. The molecule has 1 radical (unpaired) electrons. The Morgan fingerprint density at radius 3 is 1.33 bits per heavy atom. The Labute approximate surface area is 132 Å². The zero-order chi connectivity index (χ0) is 15.1. The molecule has 0 saturated carbocycles.